The van der Waals surface area contributed by atoms with Crippen LogP contribution >= 0.6 is 11.3 Å². The van der Waals surface area contributed by atoms with Crippen molar-refractivity contribution in [2.45, 2.75) is 0 Å². The summed E-state index contributed by atoms with van der Waals surface area (Å²) in [7, 11) is 1.78. The van der Waals surface area contributed by atoms with Gasteiger partial charge in [0.05, 0.1) is 10.4 Å². The number of thiazole rings is 1. The van der Waals surface area contributed by atoms with Crippen LogP contribution in [0, 0.1) is 0 Å². The number of ketones is 1. The van der Waals surface area contributed by atoms with E-state index in [9.17, 15) is 4.79 Å². The predicted molar refractivity (Wildman–Crippen MR) is 48.8 cm³/mol. The van der Waals surface area contributed by atoms with E-state index in [4.69, 9.17) is 0 Å². The van der Waals surface area contributed by atoms with E-state index in [1.54, 1.807) is 35.7 Å². The molecule has 0 radical (unpaired) electrons. The normalized spacial score (nSPS) is 10.2. The van der Waals surface area contributed by atoms with Crippen molar-refractivity contribution in [3.63, 3.8) is 0 Å². The summed E-state index contributed by atoms with van der Waals surface area (Å²) in [5.41, 5.74) is 2.10. The molecule has 0 N–H and O–H groups in total. The van der Waals surface area contributed by atoms with Crippen molar-refractivity contribution in [1.82, 2.24) is 14.8 Å². The quantitative estimate of drug-likeness (QED) is 0.671. The molecule has 2 aromatic heterocycles. The van der Waals surface area contributed by atoms with Gasteiger partial charge in [0, 0.05) is 19.4 Å². The minimum Gasteiger partial charge on any atom is -0.286 e. The highest BCUT2D eigenvalue weighted by molar-refractivity contribution is 7.11. The molecule has 0 saturated heterocycles. The molecule has 0 aliphatic rings. The van der Waals surface area contributed by atoms with E-state index in [0.29, 0.717) is 10.6 Å². The SMILES string of the molecule is Cn1ccc(C(=O)c2cncs2)n1. The molecule has 66 valence electrons. The van der Waals surface area contributed by atoms with E-state index in [0.717, 1.165) is 0 Å². The van der Waals surface area contributed by atoms with Crippen molar-refractivity contribution in [2.75, 3.05) is 0 Å². The highest BCUT2D eigenvalue weighted by Crippen LogP contribution is 2.11. The Morgan fingerprint density at radius 1 is 1.62 bits per heavy atom. The Morgan fingerprint density at radius 2 is 2.46 bits per heavy atom. The molecule has 0 unspecified atom stereocenters. The molecule has 13 heavy (non-hydrogen) atoms. The molecular formula is C8H7N3OS. The molecule has 2 heterocycles. The van der Waals surface area contributed by atoms with Crippen LogP contribution in [0.15, 0.2) is 24.0 Å². The summed E-state index contributed by atoms with van der Waals surface area (Å²) in [4.78, 5) is 16.1. The number of rotatable bonds is 2. The van der Waals surface area contributed by atoms with Gasteiger partial charge >= 0.3 is 0 Å². The lowest BCUT2D eigenvalue weighted by atomic mass is 10.3. The average Bonchev–Trinajstić information content (AvgIpc) is 2.72. The number of aryl methyl sites for hydroxylation is 1. The van der Waals surface area contributed by atoms with E-state index in [1.807, 2.05) is 0 Å². The highest BCUT2D eigenvalue weighted by atomic mass is 32.1. The molecule has 0 aliphatic carbocycles. The van der Waals surface area contributed by atoms with E-state index in [1.165, 1.54) is 11.3 Å². The standard InChI is InChI=1S/C8H7N3OS/c1-11-3-2-6(10-11)8(12)7-4-9-5-13-7/h2-5H,1H3. The van der Waals surface area contributed by atoms with Gasteiger partial charge in [-0.05, 0) is 6.07 Å². The number of hydrogen-bond donors (Lipinski definition) is 0. The van der Waals surface area contributed by atoms with Gasteiger partial charge in [0.1, 0.15) is 5.69 Å². The maximum absolute atomic E-state index is 11.6. The maximum atomic E-state index is 11.6. The lowest BCUT2D eigenvalue weighted by molar-refractivity contribution is 0.103. The third-order valence-electron chi connectivity index (χ3n) is 1.60. The summed E-state index contributed by atoms with van der Waals surface area (Å²) < 4.78 is 1.61. The zero-order valence-corrected chi connectivity index (χ0v) is 7.78. The topological polar surface area (TPSA) is 47.8 Å². The van der Waals surface area contributed by atoms with Gasteiger partial charge in [-0.25, -0.2) is 0 Å². The Bertz CT molecular complexity index is 418. The fourth-order valence-electron chi connectivity index (χ4n) is 0.990. The molecule has 4 nitrogen and oxygen atoms in total. The smallest absolute Gasteiger partial charge is 0.224 e. The van der Waals surface area contributed by atoms with E-state index in [-0.39, 0.29) is 5.78 Å². The lowest BCUT2D eigenvalue weighted by Gasteiger charge is -1.89. The van der Waals surface area contributed by atoms with Crippen LogP contribution in [0.3, 0.4) is 0 Å². The van der Waals surface area contributed by atoms with E-state index >= 15 is 0 Å². The molecule has 0 fully saturated rings. The van der Waals surface area contributed by atoms with Gasteiger partial charge in [-0.1, -0.05) is 0 Å². The average molecular weight is 193 g/mol. The molecule has 0 aliphatic heterocycles. The second-order valence-electron chi connectivity index (χ2n) is 2.57. The van der Waals surface area contributed by atoms with Gasteiger partial charge in [0.2, 0.25) is 5.78 Å². The predicted octanol–water partition coefficient (Wildman–Crippen LogP) is 1.11. The summed E-state index contributed by atoms with van der Waals surface area (Å²) >= 11 is 1.33. The van der Waals surface area contributed by atoms with Crippen molar-refractivity contribution in [1.29, 1.82) is 0 Å². The van der Waals surface area contributed by atoms with Crippen molar-refractivity contribution < 1.29 is 4.79 Å². The van der Waals surface area contributed by atoms with Gasteiger partial charge in [0.15, 0.2) is 0 Å². The van der Waals surface area contributed by atoms with Gasteiger partial charge in [0.25, 0.3) is 0 Å². The summed E-state index contributed by atoms with van der Waals surface area (Å²) in [6.45, 7) is 0. The van der Waals surface area contributed by atoms with Crippen molar-refractivity contribution in [2.24, 2.45) is 7.05 Å². The van der Waals surface area contributed by atoms with Gasteiger partial charge in [-0.15, -0.1) is 11.3 Å². The minimum absolute atomic E-state index is 0.0666. The first-order valence-corrected chi connectivity index (χ1v) is 4.58. The molecule has 5 heteroatoms. The Balaban J connectivity index is 2.33. The van der Waals surface area contributed by atoms with Crippen LogP contribution in [-0.2, 0) is 7.05 Å². The monoisotopic (exact) mass is 193 g/mol. The number of nitrogens with zero attached hydrogens (tertiary/aromatic N) is 3. The minimum atomic E-state index is -0.0666. The molecule has 0 aromatic carbocycles. The van der Waals surface area contributed by atoms with Crippen LogP contribution < -0.4 is 0 Å². The molecule has 0 spiro atoms. The second kappa shape index (κ2) is 3.10. The third kappa shape index (κ3) is 1.50. The van der Waals surface area contributed by atoms with Crippen LogP contribution in [0.25, 0.3) is 0 Å². The van der Waals surface area contributed by atoms with Crippen molar-refractivity contribution in [3.8, 4) is 0 Å². The number of carbonyl (C=O) groups is 1. The zero-order chi connectivity index (χ0) is 9.26. The molecule has 0 saturated carbocycles. The van der Waals surface area contributed by atoms with Crippen LogP contribution in [0.1, 0.15) is 15.4 Å². The van der Waals surface area contributed by atoms with Gasteiger partial charge in [-0.3, -0.25) is 14.5 Å². The van der Waals surface area contributed by atoms with Crippen molar-refractivity contribution in [3.05, 3.63) is 34.5 Å². The maximum Gasteiger partial charge on any atom is 0.224 e. The molecule has 0 bridgehead atoms. The summed E-state index contributed by atoms with van der Waals surface area (Å²) in [5, 5.41) is 4.01. The first-order chi connectivity index (χ1) is 6.27. The Morgan fingerprint density at radius 3 is 3.00 bits per heavy atom. The molecule has 0 amide bonds. The molecular weight excluding hydrogens is 186 g/mol. The van der Waals surface area contributed by atoms with Crippen LogP contribution in [0.4, 0.5) is 0 Å². The third-order valence-corrected chi connectivity index (χ3v) is 2.37. The second-order valence-corrected chi connectivity index (χ2v) is 3.46. The summed E-state index contributed by atoms with van der Waals surface area (Å²) in [6, 6.07) is 1.70. The fraction of sp³-hybridized carbons (Fsp3) is 0.125. The van der Waals surface area contributed by atoms with Crippen LogP contribution in [-0.4, -0.2) is 20.5 Å². The van der Waals surface area contributed by atoms with Crippen LogP contribution in [0.2, 0.25) is 0 Å². The Hall–Kier alpha value is -1.49. The van der Waals surface area contributed by atoms with Crippen molar-refractivity contribution >= 4 is 17.1 Å². The molecule has 2 aromatic rings. The lowest BCUT2D eigenvalue weighted by Crippen LogP contribution is -2.00. The van der Waals surface area contributed by atoms with E-state index in [2.05, 4.69) is 10.1 Å². The first kappa shape index (κ1) is 8.12. The Kier molecular flexibility index (Phi) is 1.94. The number of aromatic nitrogens is 3. The summed E-state index contributed by atoms with van der Waals surface area (Å²) in [6.07, 6.45) is 3.30. The van der Waals surface area contributed by atoms with Gasteiger partial charge in [-0.2, -0.15) is 5.10 Å². The van der Waals surface area contributed by atoms with E-state index < -0.39 is 0 Å². The molecule has 0 atom stereocenters. The molecule has 2 rings (SSSR count). The largest absolute Gasteiger partial charge is 0.286 e. The Labute approximate surface area is 78.8 Å². The fourth-order valence-corrected chi connectivity index (χ4v) is 1.56. The number of hydrogen-bond acceptors (Lipinski definition) is 4. The summed E-state index contributed by atoms with van der Waals surface area (Å²) in [5.74, 6) is -0.0666. The zero-order valence-electron chi connectivity index (χ0n) is 6.97. The van der Waals surface area contributed by atoms with Gasteiger partial charge < -0.3 is 0 Å². The van der Waals surface area contributed by atoms with Crippen LogP contribution in [0.5, 0.6) is 0 Å². The first-order valence-electron chi connectivity index (χ1n) is 3.70. The number of carbonyl (C=O) groups excluding carboxylic acids is 1. The highest BCUT2D eigenvalue weighted by Gasteiger charge is 2.12.